The van der Waals surface area contributed by atoms with E-state index in [4.69, 9.17) is 4.74 Å². The molecule has 4 rings (SSSR count). The summed E-state index contributed by atoms with van der Waals surface area (Å²) in [6.07, 6.45) is 0.222. The van der Waals surface area contributed by atoms with Gasteiger partial charge < -0.3 is 19.9 Å². The van der Waals surface area contributed by atoms with Gasteiger partial charge >= 0.3 is 0 Å². The van der Waals surface area contributed by atoms with Gasteiger partial charge in [0.2, 0.25) is 11.8 Å². The Balaban J connectivity index is 1.34. The summed E-state index contributed by atoms with van der Waals surface area (Å²) < 4.78 is 5.23. The molecule has 2 aliphatic rings. The molecule has 0 spiro atoms. The zero-order valence-corrected chi connectivity index (χ0v) is 18.9. The summed E-state index contributed by atoms with van der Waals surface area (Å²) in [5.74, 6) is 0.840. The van der Waals surface area contributed by atoms with Crippen molar-refractivity contribution in [3.8, 4) is 5.75 Å². The summed E-state index contributed by atoms with van der Waals surface area (Å²) in [5, 5.41) is 2.93. The molecule has 2 aliphatic heterocycles. The van der Waals surface area contributed by atoms with Crippen molar-refractivity contribution in [3.05, 3.63) is 59.7 Å². The van der Waals surface area contributed by atoms with Crippen LogP contribution in [0.3, 0.4) is 0 Å². The molecule has 2 saturated heterocycles. The zero-order valence-electron chi connectivity index (χ0n) is 18.9. The van der Waals surface area contributed by atoms with Crippen molar-refractivity contribution in [2.24, 2.45) is 0 Å². The molecule has 2 amide bonds. The Kier molecular flexibility index (Phi) is 6.95. The highest BCUT2D eigenvalue weighted by Crippen LogP contribution is 2.21. The molecule has 2 fully saturated rings. The maximum absolute atomic E-state index is 13.1. The van der Waals surface area contributed by atoms with Crippen molar-refractivity contribution in [3.63, 3.8) is 0 Å². The van der Waals surface area contributed by atoms with E-state index in [0.29, 0.717) is 26.2 Å². The highest BCUT2D eigenvalue weighted by molar-refractivity contribution is 5.89. The third-order valence-corrected chi connectivity index (χ3v) is 6.39. The van der Waals surface area contributed by atoms with Crippen molar-refractivity contribution in [1.29, 1.82) is 0 Å². The van der Waals surface area contributed by atoms with Gasteiger partial charge in [-0.3, -0.25) is 14.5 Å². The normalized spacial score (nSPS) is 19.6. The second-order valence-corrected chi connectivity index (χ2v) is 8.53. The maximum Gasteiger partial charge on any atom is 0.237 e. The first kappa shape index (κ1) is 22.1. The Morgan fingerprint density at radius 1 is 1.00 bits per heavy atom. The molecule has 1 atom stereocenters. The number of aryl methyl sites for hydroxylation is 1. The van der Waals surface area contributed by atoms with Gasteiger partial charge in [0.05, 0.1) is 19.6 Å². The van der Waals surface area contributed by atoms with E-state index in [0.717, 1.165) is 36.6 Å². The van der Waals surface area contributed by atoms with E-state index in [-0.39, 0.29) is 18.2 Å². The average molecular weight is 437 g/mol. The summed E-state index contributed by atoms with van der Waals surface area (Å²) in [6.45, 7) is 7.00. The highest BCUT2D eigenvalue weighted by Gasteiger charge is 2.33. The molecule has 2 aromatic rings. The van der Waals surface area contributed by atoms with E-state index in [2.05, 4.69) is 46.3 Å². The third-order valence-electron chi connectivity index (χ3n) is 6.39. The fraction of sp³-hybridized carbons (Fsp3) is 0.440. The number of hydrogen-bond donors (Lipinski definition) is 1. The first-order chi connectivity index (χ1) is 15.5. The molecule has 0 aliphatic carbocycles. The van der Waals surface area contributed by atoms with Gasteiger partial charge in [0, 0.05) is 51.5 Å². The van der Waals surface area contributed by atoms with Crippen molar-refractivity contribution in [2.75, 3.05) is 51.3 Å². The van der Waals surface area contributed by atoms with E-state index < -0.39 is 6.04 Å². The van der Waals surface area contributed by atoms with Crippen molar-refractivity contribution in [1.82, 2.24) is 15.1 Å². The van der Waals surface area contributed by atoms with Crippen molar-refractivity contribution < 1.29 is 14.3 Å². The first-order valence-electron chi connectivity index (χ1n) is 11.3. The van der Waals surface area contributed by atoms with Crippen LogP contribution >= 0.6 is 0 Å². The number of piperazine rings is 2. The molecular weight excluding hydrogens is 404 g/mol. The number of methoxy groups -OCH3 is 1. The van der Waals surface area contributed by atoms with Crippen LogP contribution in [0.2, 0.25) is 0 Å². The van der Waals surface area contributed by atoms with E-state index in [1.165, 1.54) is 5.56 Å². The predicted octanol–water partition coefficient (Wildman–Crippen LogP) is 2.04. The largest absolute Gasteiger partial charge is 0.497 e. The Hall–Kier alpha value is -3.06. The molecule has 32 heavy (non-hydrogen) atoms. The maximum atomic E-state index is 13.1. The molecule has 7 heteroatoms. The van der Waals surface area contributed by atoms with E-state index in [9.17, 15) is 9.59 Å². The summed E-state index contributed by atoms with van der Waals surface area (Å²) in [4.78, 5) is 32.0. The fourth-order valence-corrected chi connectivity index (χ4v) is 4.40. The smallest absolute Gasteiger partial charge is 0.237 e. The van der Waals surface area contributed by atoms with Crippen LogP contribution in [-0.4, -0.2) is 74.0 Å². The quantitative estimate of drug-likeness (QED) is 0.751. The molecule has 0 bridgehead atoms. The minimum absolute atomic E-state index is 0.0476. The lowest BCUT2D eigenvalue weighted by atomic mass is 10.1. The monoisotopic (exact) mass is 436 g/mol. The molecule has 0 saturated carbocycles. The number of carbonyl (C=O) groups excluding carboxylic acids is 2. The van der Waals surface area contributed by atoms with Crippen LogP contribution in [0, 0.1) is 6.92 Å². The van der Waals surface area contributed by atoms with Gasteiger partial charge in [-0.1, -0.05) is 29.8 Å². The lowest BCUT2D eigenvalue weighted by Crippen LogP contribution is -2.57. The molecule has 7 nitrogen and oxygen atoms in total. The predicted molar refractivity (Wildman–Crippen MR) is 125 cm³/mol. The molecule has 1 N–H and O–H groups in total. The molecular formula is C25H32N4O3. The van der Waals surface area contributed by atoms with E-state index in [1.807, 2.05) is 29.2 Å². The summed E-state index contributed by atoms with van der Waals surface area (Å²) >= 11 is 0. The Labute approximate surface area is 189 Å². The lowest BCUT2D eigenvalue weighted by Gasteiger charge is -2.39. The number of anilines is 1. The van der Waals surface area contributed by atoms with Gasteiger partial charge in [0.25, 0.3) is 0 Å². The van der Waals surface area contributed by atoms with Crippen LogP contribution in [0.1, 0.15) is 17.5 Å². The molecule has 0 radical (unpaired) electrons. The molecule has 0 aromatic heterocycles. The summed E-state index contributed by atoms with van der Waals surface area (Å²) in [7, 11) is 1.66. The molecule has 2 heterocycles. The molecule has 2 aromatic carbocycles. The molecule has 0 unspecified atom stereocenters. The number of carbonyl (C=O) groups is 2. The minimum Gasteiger partial charge on any atom is -0.497 e. The number of rotatable bonds is 6. The van der Waals surface area contributed by atoms with Gasteiger partial charge in [-0.25, -0.2) is 0 Å². The van der Waals surface area contributed by atoms with Crippen molar-refractivity contribution >= 4 is 17.5 Å². The van der Waals surface area contributed by atoms with Gasteiger partial charge in [0.1, 0.15) is 5.75 Å². The summed E-state index contributed by atoms with van der Waals surface area (Å²) in [6, 6.07) is 15.9. The Morgan fingerprint density at radius 2 is 1.69 bits per heavy atom. The summed E-state index contributed by atoms with van der Waals surface area (Å²) in [5.41, 5.74) is 3.51. The number of benzene rings is 2. The van der Waals surface area contributed by atoms with Crippen LogP contribution in [0.15, 0.2) is 48.5 Å². The van der Waals surface area contributed by atoms with Crippen LogP contribution in [0.5, 0.6) is 5.75 Å². The number of amides is 2. The van der Waals surface area contributed by atoms with Gasteiger partial charge in [-0.05, 0) is 36.8 Å². The lowest BCUT2D eigenvalue weighted by molar-refractivity contribution is -0.139. The standard InChI is InChI=1S/C25H32N4O3/c1-19-3-5-20(6-4-19)18-29-12-11-26-25(31)23(29)17-24(30)28-15-13-27(14-16-28)21-7-9-22(32-2)10-8-21/h3-10,23H,11-18H2,1-2H3,(H,26,31)/t23-/m1/s1. The van der Waals surface area contributed by atoms with Crippen LogP contribution < -0.4 is 15.0 Å². The number of nitrogens with one attached hydrogen (secondary N) is 1. The minimum atomic E-state index is -0.419. The van der Waals surface area contributed by atoms with Crippen LogP contribution in [-0.2, 0) is 16.1 Å². The number of ether oxygens (including phenoxy) is 1. The number of hydrogen-bond acceptors (Lipinski definition) is 5. The SMILES string of the molecule is COc1ccc(N2CCN(C(=O)C[C@@H]3C(=O)NCCN3Cc3ccc(C)cc3)CC2)cc1. The van der Waals surface area contributed by atoms with Crippen LogP contribution in [0.4, 0.5) is 5.69 Å². The zero-order chi connectivity index (χ0) is 22.5. The second kappa shape index (κ2) is 10.0. The first-order valence-corrected chi connectivity index (χ1v) is 11.3. The average Bonchev–Trinajstić information content (AvgIpc) is 2.83. The third kappa shape index (κ3) is 5.22. The van der Waals surface area contributed by atoms with E-state index in [1.54, 1.807) is 7.11 Å². The second-order valence-electron chi connectivity index (χ2n) is 8.53. The van der Waals surface area contributed by atoms with Gasteiger partial charge in [-0.15, -0.1) is 0 Å². The van der Waals surface area contributed by atoms with Gasteiger partial charge in [-0.2, -0.15) is 0 Å². The van der Waals surface area contributed by atoms with Gasteiger partial charge in [0.15, 0.2) is 0 Å². The van der Waals surface area contributed by atoms with Crippen molar-refractivity contribution in [2.45, 2.75) is 25.9 Å². The fourth-order valence-electron chi connectivity index (χ4n) is 4.40. The highest BCUT2D eigenvalue weighted by atomic mass is 16.5. The van der Waals surface area contributed by atoms with E-state index >= 15 is 0 Å². The Bertz CT molecular complexity index is 921. The topological polar surface area (TPSA) is 65.1 Å². The Morgan fingerprint density at radius 3 is 2.34 bits per heavy atom. The molecule has 170 valence electrons. The number of nitrogens with zero attached hydrogens (tertiary/aromatic N) is 3. The van der Waals surface area contributed by atoms with Crippen LogP contribution in [0.25, 0.3) is 0 Å².